The summed E-state index contributed by atoms with van der Waals surface area (Å²) in [5.74, 6) is 0. The minimum Gasteiger partial charge on any atom is -0.447 e. The van der Waals surface area contributed by atoms with Gasteiger partial charge in [0, 0.05) is 18.4 Å². The summed E-state index contributed by atoms with van der Waals surface area (Å²) < 4.78 is 36.3. The van der Waals surface area contributed by atoms with Gasteiger partial charge in [0.15, 0.2) is 14.6 Å². The number of carbonyl (C=O) groups excluding carboxylic acids is 1. The topological polar surface area (TPSA) is 87.8 Å². The fourth-order valence-corrected chi connectivity index (χ4v) is 16.8. The monoisotopic (exact) mass is 661 g/mol. The standard InChI is InChI=1S/C32H67NO7Si3/c1-14-17-25-41(8,9)32(7,19-15-2)40-43(12,13)31(6,16-3)39-42(10,11)26-18-21-35-23-24-37-30(34)33-20-22-36-29-28(38-29)27(4)5/h28-29H,4,14-26H2,1-3,5-13H3,(H,33,34). The zero-order valence-corrected chi connectivity index (χ0v) is 32.9. The van der Waals surface area contributed by atoms with E-state index in [2.05, 4.69) is 85.8 Å². The van der Waals surface area contributed by atoms with Gasteiger partial charge in [-0.05, 0) is 77.8 Å². The smallest absolute Gasteiger partial charge is 0.407 e. The van der Waals surface area contributed by atoms with Crippen LogP contribution < -0.4 is 5.32 Å². The number of alkyl carbamates (subject to hydrolysis) is 1. The van der Waals surface area contributed by atoms with E-state index in [-0.39, 0.29) is 29.4 Å². The first-order valence-electron chi connectivity index (χ1n) is 16.7. The number of rotatable bonds is 24. The molecule has 0 aromatic heterocycles. The van der Waals surface area contributed by atoms with Crippen molar-refractivity contribution < 1.29 is 32.6 Å². The SMILES string of the molecule is C=C(C)C1OC1OCCNC(=O)OCCOCCC[Si](C)(C)OC(C)(CC)[Si](C)(C)OC(C)(CCC)[Si](C)(C)CCCC. The summed E-state index contributed by atoms with van der Waals surface area (Å²) in [5.41, 5.74) is 0.944. The Morgan fingerprint density at radius 2 is 1.56 bits per heavy atom. The Hall–Kier alpha value is -0.539. The number of unbranched alkanes of at least 4 members (excludes halogenated alkanes) is 1. The van der Waals surface area contributed by atoms with Crippen molar-refractivity contribution in [1.82, 2.24) is 5.32 Å². The molecule has 254 valence electrons. The molecule has 1 aliphatic rings. The fourth-order valence-electron chi connectivity index (χ4n) is 5.69. The van der Waals surface area contributed by atoms with Crippen LogP contribution in [0.1, 0.15) is 80.1 Å². The van der Waals surface area contributed by atoms with Crippen LogP contribution >= 0.6 is 0 Å². The third-order valence-corrected chi connectivity index (χ3v) is 21.1. The summed E-state index contributed by atoms with van der Waals surface area (Å²) in [5, 5.41) is 2.38. The molecule has 0 aliphatic carbocycles. The van der Waals surface area contributed by atoms with Crippen molar-refractivity contribution in [2.24, 2.45) is 0 Å². The lowest BCUT2D eigenvalue weighted by atomic mass is 10.2. The van der Waals surface area contributed by atoms with Gasteiger partial charge in [-0.25, -0.2) is 4.79 Å². The molecule has 0 saturated carbocycles. The molecule has 1 heterocycles. The van der Waals surface area contributed by atoms with E-state index >= 15 is 0 Å². The number of carbonyl (C=O) groups is 1. The van der Waals surface area contributed by atoms with Gasteiger partial charge in [0.05, 0.1) is 26.5 Å². The van der Waals surface area contributed by atoms with Crippen molar-refractivity contribution in [2.45, 2.75) is 154 Å². The Labute approximate surface area is 267 Å². The van der Waals surface area contributed by atoms with Gasteiger partial charge in [0.1, 0.15) is 12.7 Å². The Bertz CT molecular complexity index is 857. The van der Waals surface area contributed by atoms with E-state index in [1.807, 2.05) is 6.92 Å². The van der Waals surface area contributed by atoms with E-state index < -0.39 is 30.8 Å². The molecule has 1 amide bonds. The predicted molar refractivity (Wildman–Crippen MR) is 185 cm³/mol. The first kappa shape index (κ1) is 40.5. The molecule has 1 rings (SSSR count). The Morgan fingerprint density at radius 3 is 2.12 bits per heavy atom. The van der Waals surface area contributed by atoms with Crippen molar-refractivity contribution >= 4 is 30.8 Å². The number of nitrogens with one attached hydrogen (secondary N) is 1. The van der Waals surface area contributed by atoms with E-state index in [9.17, 15) is 4.79 Å². The molecule has 0 aromatic carbocycles. The first-order chi connectivity index (χ1) is 19.9. The summed E-state index contributed by atoms with van der Waals surface area (Å²) >= 11 is 0. The molecule has 0 bridgehead atoms. The highest BCUT2D eigenvalue weighted by Crippen LogP contribution is 2.42. The number of hydrogen-bond acceptors (Lipinski definition) is 7. The highest BCUT2D eigenvalue weighted by molar-refractivity contribution is 6.82. The number of amides is 1. The molecule has 0 spiro atoms. The molecule has 4 atom stereocenters. The quantitative estimate of drug-likeness (QED) is 0.0483. The van der Waals surface area contributed by atoms with Crippen LogP contribution in [-0.2, 0) is 27.8 Å². The molecule has 1 fully saturated rings. The fraction of sp³-hybridized carbons (Fsp3) is 0.906. The Morgan fingerprint density at radius 1 is 0.884 bits per heavy atom. The van der Waals surface area contributed by atoms with Crippen molar-refractivity contribution in [1.29, 1.82) is 0 Å². The lowest BCUT2D eigenvalue weighted by Crippen LogP contribution is -2.67. The second kappa shape index (κ2) is 18.0. The van der Waals surface area contributed by atoms with Gasteiger partial charge in [0.2, 0.25) is 8.32 Å². The summed E-state index contributed by atoms with van der Waals surface area (Å²) in [6.45, 7) is 33.7. The van der Waals surface area contributed by atoms with Crippen LogP contribution in [0.4, 0.5) is 4.79 Å². The lowest BCUT2D eigenvalue weighted by molar-refractivity contribution is 0.0480. The van der Waals surface area contributed by atoms with Crippen LogP contribution in [0, 0.1) is 0 Å². The highest BCUT2D eigenvalue weighted by Gasteiger charge is 2.54. The molecule has 43 heavy (non-hydrogen) atoms. The van der Waals surface area contributed by atoms with Gasteiger partial charge in [0.25, 0.3) is 0 Å². The van der Waals surface area contributed by atoms with Crippen LogP contribution in [0.2, 0.25) is 51.4 Å². The summed E-state index contributed by atoms with van der Waals surface area (Å²) in [6, 6.07) is 2.32. The minimum atomic E-state index is -2.24. The molecular formula is C32H67NO7Si3. The van der Waals surface area contributed by atoms with E-state index in [0.29, 0.717) is 26.4 Å². The van der Waals surface area contributed by atoms with Crippen molar-refractivity contribution in [3.8, 4) is 0 Å². The third kappa shape index (κ3) is 13.4. The zero-order chi connectivity index (χ0) is 33.0. The molecule has 1 aliphatic heterocycles. The summed E-state index contributed by atoms with van der Waals surface area (Å²) in [6.07, 6.45) is 5.93. The van der Waals surface area contributed by atoms with Gasteiger partial charge in [-0.3, -0.25) is 0 Å². The summed E-state index contributed by atoms with van der Waals surface area (Å²) in [4.78, 5) is 11.9. The van der Waals surface area contributed by atoms with Gasteiger partial charge in [-0.1, -0.05) is 65.8 Å². The van der Waals surface area contributed by atoms with Gasteiger partial charge in [-0.2, -0.15) is 0 Å². The normalized spacial score (nSPS) is 20.3. The van der Waals surface area contributed by atoms with Crippen molar-refractivity contribution in [3.05, 3.63) is 12.2 Å². The second-order valence-corrected chi connectivity index (χ2v) is 28.3. The lowest BCUT2D eigenvalue weighted by Gasteiger charge is -2.53. The van der Waals surface area contributed by atoms with E-state index in [4.69, 9.17) is 27.8 Å². The molecule has 1 N–H and O–H groups in total. The van der Waals surface area contributed by atoms with Gasteiger partial charge in [-0.15, -0.1) is 0 Å². The van der Waals surface area contributed by atoms with Crippen molar-refractivity contribution in [2.75, 3.05) is 33.0 Å². The predicted octanol–water partition coefficient (Wildman–Crippen LogP) is 8.19. The van der Waals surface area contributed by atoms with E-state index in [0.717, 1.165) is 37.3 Å². The number of epoxide rings is 1. The summed E-state index contributed by atoms with van der Waals surface area (Å²) in [7, 11) is -5.84. The maximum atomic E-state index is 11.9. The molecule has 1 saturated heterocycles. The average Bonchev–Trinajstić information content (AvgIpc) is 3.69. The van der Waals surface area contributed by atoms with Crippen LogP contribution in [-0.4, -0.2) is 86.6 Å². The van der Waals surface area contributed by atoms with Crippen LogP contribution in [0.15, 0.2) is 12.2 Å². The Kier molecular flexibility index (Phi) is 16.9. The van der Waals surface area contributed by atoms with Crippen LogP contribution in [0.25, 0.3) is 0 Å². The zero-order valence-electron chi connectivity index (χ0n) is 29.9. The Balaban J connectivity index is 2.46. The van der Waals surface area contributed by atoms with Crippen LogP contribution in [0.5, 0.6) is 0 Å². The molecule has 11 heteroatoms. The van der Waals surface area contributed by atoms with Crippen LogP contribution in [0.3, 0.4) is 0 Å². The average molecular weight is 662 g/mol. The molecule has 0 aromatic rings. The maximum Gasteiger partial charge on any atom is 0.407 e. The molecule has 0 radical (unpaired) electrons. The first-order valence-corrected chi connectivity index (χ1v) is 25.9. The van der Waals surface area contributed by atoms with Gasteiger partial charge < -0.3 is 33.1 Å². The third-order valence-electron chi connectivity index (χ3n) is 9.36. The van der Waals surface area contributed by atoms with Crippen molar-refractivity contribution in [3.63, 3.8) is 0 Å². The highest BCUT2D eigenvalue weighted by atomic mass is 28.4. The number of hydrogen-bond donors (Lipinski definition) is 1. The number of ether oxygens (including phenoxy) is 4. The van der Waals surface area contributed by atoms with E-state index in [1.54, 1.807) is 0 Å². The second-order valence-electron chi connectivity index (χ2n) is 14.4. The molecular weight excluding hydrogens is 595 g/mol. The molecule has 4 unspecified atom stereocenters. The molecule has 8 nitrogen and oxygen atoms in total. The minimum absolute atomic E-state index is 0.0243. The maximum absolute atomic E-state index is 11.9. The van der Waals surface area contributed by atoms with E-state index in [1.165, 1.54) is 18.9 Å². The van der Waals surface area contributed by atoms with Gasteiger partial charge >= 0.3 is 6.09 Å². The largest absolute Gasteiger partial charge is 0.447 e.